The molecule has 6 amide bonds. The molecule has 0 bridgehead atoms. The van der Waals surface area contributed by atoms with E-state index in [0.29, 0.717) is 102 Å². The van der Waals surface area contributed by atoms with E-state index < -0.39 is 47.8 Å². The fraction of sp³-hybridized carbons (Fsp3) is 0.690. The van der Waals surface area contributed by atoms with Gasteiger partial charge in [-0.1, -0.05) is 84.0 Å². The number of carbonyl (C=O) groups excluding carboxylic acids is 9. The van der Waals surface area contributed by atoms with Crippen molar-refractivity contribution in [1.29, 1.82) is 0 Å². The van der Waals surface area contributed by atoms with Gasteiger partial charge < -0.3 is 105 Å². The van der Waals surface area contributed by atoms with Crippen LogP contribution in [0.15, 0.2) is 48.5 Å². The van der Waals surface area contributed by atoms with Gasteiger partial charge in [-0.05, 0) is 126 Å². The van der Waals surface area contributed by atoms with E-state index in [0.717, 1.165) is 77.0 Å². The zero-order valence-electron chi connectivity index (χ0n) is 69.4. The van der Waals surface area contributed by atoms with Crippen LogP contribution in [0.1, 0.15) is 230 Å². The number of ketones is 3. The van der Waals surface area contributed by atoms with Crippen LogP contribution in [-0.4, -0.2) is 265 Å². The summed E-state index contributed by atoms with van der Waals surface area (Å²) in [6.07, 6.45) is 16.8. The lowest BCUT2D eigenvalue weighted by molar-refractivity contribution is -0.144. The summed E-state index contributed by atoms with van der Waals surface area (Å²) >= 11 is 0. The molecule has 119 heavy (non-hydrogen) atoms. The minimum Gasteiger partial charge on any atom is -0.494 e. The molecule has 0 aromatic heterocycles. The molecule has 0 aliphatic rings. The number of ether oxygens (including phenoxy) is 10. The molecule has 2 aromatic carbocycles. The maximum absolute atomic E-state index is 12.9. The lowest BCUT2D eigenvalue weighted by Crippen LogP contribution is -2.41. The number of Topliss-reactive ketones (excluding diaryl/α,β-unsaturated/α-hetero) is 3. The molecule has 2 aromatic rings. The van der Waals surface area contributed by atoms with Crippen LogP contribution >= 0.6 is 0 Å². The maximum Gasteiger partial charge on any atom is 0.335 e. The Bertz CT molecular complexity index is 3230. The highest BCUT2D eigenvalue weighted by molar-refractivity contribution is 5.89. The largest absolute Gasteiger partial charge is 0.494 e. The van der Waals surface area contributed by atoms with Crippen molar-refractivity contribution in [1.82, 2.24) is 31.9 Å². The average Bonchev–Trinajstić information content (AvgIpc) is 0.885. The van der Waals surface area contributed by atoms with Crippen molar-refractivity contribution in [2.45, 2.75) is 218 Å². The third-order valence-electron chi connectivity index (χ3n) is 18.6. The molecule has 0 unspecified atom stereocenters. The number of nitrogens with one attached hydrogen (secondary N) is 6. The first-order valence-corrected chi connectivity index (χ1v) is 41.9. The molecule has 0 saturated carbocycles. The van der Waals surface area contributed by atoms with Crippen LogP contribution in [0.3, 0.4) is 0 Å². The van der Waals surface area contributed by atoms with E-state index in [1.807, 2.05) is 0 Å². The zero-order chi connectivity index (χ0) is 87.1. The highest BCUT2D eigenvalue weighted by atomic mass is 16.5. The first-order chi connectivity index (χ1) is 57.4. The minimum atomic E-state index is -1.22. The molecule has 0 aliphatic heterocycles. The van der Waals surface area contributed by atoms with Gasteiger partial charge in [0, 0.05) is 93.1 Å². The molecule has 676 valence electrons. The number of unbranched alkanes of at least 4 members (excludes halogenated alkanes) is 14. The highest BCUT2D eigenvalue weighted by Crippen LogP contribution is 2.21. The predicted molar refractivity (Wildman–Crippen MR) is 438 cm³/mol. The van der Waals surface area contributed by atoms with Crippen molar-refractivity contribution in [2.75, 3.05) is 145 Å². The van der Waals surface area contributed by atoms with E-state index in [1.54, 1.807) is 31.2 Å². The Hall–Kier alpha value is -9.10. The standard InChI is InChI=1S/C84H132N6O29.2H2/c1-63(22-14-16-40-85-77(97)60-115-55-51-111-45-21-25-68(92)59-114-54-52-112-48-42-87-74(94)39-38-72(84(108)109)90-76(96)27-13-9-5-3-7-11-19-47-119-70-35-30-65(31-36-70)81(102)103)73(93)58-66(82(104)105)23-15-17-41-86-78(98)61-117-57-53-113-49-43-88-79(99)62-116-56-50-110-44-20-24-67(91)32-37-71(83(106)107)89-75(95)26-12-8-4-2-6-10-18-46-118-69-33-28-64(29-34-69)80(100)101;;/h28-31,33-36,63,66,71-72H,2-27,32,37-62H2,1H3,(H,85,97)(H,86,98)(H,87,94)(H,88,99)(H,89,95)(H,90,96)(H,100,101)(H,102,103)(H,104,105)(H,106,107)(H,108,109);2*1H/t63-,66+,71-,72-;;/m0../s1. The first kappa shape index (κ1) is 106. The lowest BCUT2D eigenvalue weighted by atomic mass is 9.89. The number of rotatable bonds is 82. The number of carbonyl (C=O) groups is 14. The van der Waals surface area contributed by atoms with Crippen LogP contribution in [0.4, 0.5) is 0 Å². The Labute approximate surface area is 700 Å². The van der Waals surface area contributed by atoms with Gasteiger partial charge in [0.2, 0.25) is 35.4 Å². The van der Waals surface area contributed by atoms with Crippen LogP contribution in [0.25, 0.3) is 0 Å². The van der Waals surface area contributed by atoms with E-state index in [1.165, 1.54) is 24.3 Å². The smallest absolute Gasteiger partial charge is 0.335 e. The van der Waals surface area contributed by atoms with Gasteiger partial charge in [0.25, 0.3) is 0 Å². The molecule has 0 aliphatic carbocycles. The van der Waals surface area contributed by atoms with E-state index in [4.69, 9.17) is 57.6 Å². The molecule has 0 fully saturated rings. The van der Waals surface area contributed by atoms with Gasteiger partial charge in [-0.2, -0.15) is 0 Å². The van der Waals surface area contributed by atoms with Gasteiger partial charge in [0.15, 0.2) is 5.78 Å². The monoisotopic (exact) mass is 1690 g/mol. The van der Waals surface area contributed by atoms with Gasteiger partial charge in [-0.15, -0.1) is 0 Å². The van der Waals surface area contributed by atoms with E-state index in [9.17, 15) is 82.4 Å². The van der Waals surface area contributed by atoms with Gasteiger partial charge in [0.1, 0.15) is 61.6 Å². The highest BCUT2D eigenvalue weighted by Gasteiger charge is 2.26. The van der Waals surface area contributed by atoms with Crippen molar-refractivity contribution in [2.24, 2.45) is 11.8 Å². The third kappa shape index (κ3) is 60.9. The summed E-state index contributed by atoms with van der Waals surface area (Å²) in [5.74, 6) is -8.05. The normalized spacial score (nSPS) is 12.1. The first-order valence-electron chi connectivity index (χ1n) is 41.9. The van der Waals surface area contributed by atoms with E-state index in [-0.39, 0.29) is 249 Å². The molecule has 0 spiro atoms. The number of carboxylic acid groups (broad SMARTS) is 5. The predicted octanol–water partition coefficient (Wildman–Crippen LogP) is 7.91. The number of carboxylic acids is 5. The summed E-state index contributed by atoms with van der Waals surface area (Å²) in [6, 6.07) is 10.2. The molecule has 35 nitrogen and oxygen atoms in total. The SMILES string of the molecule is C[C@@H](CCCCNC(=O)COCCOCCCC(=O)COCCOCCNC(=O)CC[C@H](NC(=O)CCCCCCCCCOc1ccc(C(=O)O)cc1)C(=O)O)C(=O)C[C@@H](CCCCNC(=O)COCCOCCNC(=O)COCCOCCCC(=O)CC[C@H](NC(=O)CCCCCCCCCOc1ccc(C(=O)O)cc1)C(=O)O)C(=O)O.[HH].[HH]. The summed E-state index contributed by atoms with van der Waals surface area (Å²) in [5, 5.41) is 62.8. The fourth-order valence-corrected chi connectivity index (χ4v) is 11.7. The summed E-state index contributed by atoms with van der Waals surface area (Å²) in [6.45, 7) is 5.43. The topological polar surface area (TPSA) is 505 Å². The van der Waals surface area contributed by atoms with Gasteiger partial charge in [0.05, 0.1) is 96.3 Å². The van der Waals surface area contributed by atoms with Crippen molar-refractivity contribution in [3.63, 3.8) is 0 Å². The molecule has 0 radical (unpaired) electrons. The Morgan fingerprint density at radius 2 is 0.664 bits per heavy atom. The van der Waals surface area contributed by atoms with Gasteiger partial charge >= 0.3 is 29.8 Å². The number of hydrogen-bond donors (Lipinski definition) is 11. The number of benzene rings is 2. The number of hydrogen-bond acceptors (Lipinski definition) is 24. The number of aromatic carboxylic acids is 2. The Morgan fingerprint density at radius 3 is 1.08 bits per heavy atom. The van der Waals surface area contributed by atoms with E-state index >= 15 is 0 Å². The lowest BCUT2D eigenvalue weighted by Gasteiger charge is -2.15. The second-order valence-electron chi connectivity index (χ2n) is 28.7. The quantitative estimate of drug-likeness (QED) is 0.0280. The molecule has 2 rings (SSSR count). The molecule has 0 saturated heterocycles. The van der Waals surface area contributed by atoms with E-state index in [2.05, 4.69) is 31.9 Å². The molecule has 0 heterocycles. The second kappa shape index (κ2) is 70.7. The molecule has 4 atom stereocenters. The van der Waals surface area contributed by atoms with Crippen molar-refractivity contribution < 1.29 is 143 Å². The van der Waals surface area contributed by atoms with Crippen molar-refractivity contribution in [3.8, 4) is 11.5 Å². The number of aliphatic carboxylic acids is 3. The average molecular weight is 1690 g/mol. The van der Waals surface area contributed by atoms with Crippen LogP contribution in [0, 0.1) is 11.8 Å². The summed E-state index contributed by atoms with van der Waals surface area (Å²) in [5.41, 5.74) is 0.405. The maximum atomic E-state index is 12.9. The Kier molecular flexibility index (Phi) is 63.0. The van der Waals surface area contributed by atoms with Crippen molar-refractivity contribution in [3.05, 3.63) is 59.7 Å². The van der Waals surface area contributed by atoms with Crippen LogP contribution in [0.2, 0.25) is 0 Å². The fourth-order valence-electron chi connectivity index (χ4n) is 11.7. The van der Waals surface area contributed by atoms with Crippen molar-refractivity contribution >= 4 is 82.6 Å². The van der Waals surface area contributed by atoms with Gasteiger partial charge in [-0.3, -0.25) is 47.9 Å². The van der Waals surface area contributed by atoms with Crippen LogP contribution in [0.5, 0.6) is 11.5 Å². The Morgan fingerprint density at radius 1 is 0.303 bits per heavy atom. The Balaban J connectivity index is 0.0000720. The second-order valence-corrected chi connectivity index (χ2v) is 28.7. The summed E-state index contributed by atoms with van der Waals surface area (Å²) in [7, 11) is 0. The molecule has 11 N–H and O–H groups in total. The van der Waals surface area contributed by atoms with Crippen LogP contribution in [-0.2, 0) is 95.4 Å². The molecular weight excluding hydrogens is 1560 g/mol. The van der Waals surface area contributed by atoms with Gasteiger partial charge in [-0.25, -0.2) is 19.2 Å². The zero-order valence-corrected chi connectivity index (χ0v) is 69.4. The minimum absolute atomic E-state index is 0. The van der Waals surface area contributed by atoms with Crippen LogP contribution < -0.4 is 41.4 Å². The molecular formula is C84H136N6O29. The third-order valence-corrected chi connectivity index (χ3v) is 18.6. The number of amides is 6. The summed E-state index contributed by atoms with van der Waals surface area (Å²) in [4.78, 5) is 169. The summed E-state index contributed by atoms with van der Waals surface area (Å²) < 4.78 is 54.6. The molecule has 35 heteroatoms.